The SMILES string of the molecule is CC1(c2nnc3ccc(C#N)cn23)CCCS1. The van der Waals surface area contributed by atoms with Crippen LogP contribution in [0.2, 0.25) is 0 Å². The lowest BCUT2D eigenvalue weighted by Crippen LogP contribution is -2.17. The molecule has 4 nitrogen and oxygen atoms in total. The van der Waals surface area contributed by atoms with Crippen molar-refractivity contribution in [1.29, 1.82) is 5.26 Å². The van der Waals surface area contributed by atoms with Crippen LogP contribution < -0.4 is 0 Å². The van der Waals surface area contributed by atoms with E-state index in [9.17, 15) is 0 Å². The molecule has 0 bridgehead atoms. The zero-order chi connectivity index (χ0) is 11.9. The summed E-state index contributed by atoms with van der Waals surface area (Å²) in [4.78, 5) is 0. The summed E-state index contributed by atoms with van der Waals surface area (Å²) in [5, 5.41) is 17.4. The molecule has 1 fully saturated rings. The minimum Gasteiger partial charge on any atom is -0.284 e. The Bertz CT molecular complexity index is 604. The van der Waals surface area contributed by atoms with Crippen LogP contribution in [0, 0.1) is 11.3 Å². The van der Waals surface area contributed by atoms with Crippen LogP contribution in [-0.2, 0) is 4.75 Å². The fourth-order valence-electron chi connectivity index (χ4n) is 2.27. The molecule has 0 aliphatic carbocycles. The predicted molar refractivity (Wildman–Crippen MR) is 66.7 cm³/mol. The van der Waals surface area contributed by atoms with Crippen molar-refractivity contribution in [3.8, 4) is 6.07 Å². The van der Waals surface area contributed by atoms with E-state index in [2.05, 4.69) is 23.2 Å². The molecule has 86 valence electrons. The first-order valence-corrected chi connectivity index (χ1v) is 6.61. The molecule has 3 rings (SSSR count). The number of pyridine rings is 1. The Kier molecular flexibility index (Phi) is 2.33. The Labute approximate surface area is 104 Å². The number of aromatic nitrogens is 3. The van der Waals surface area contributed by atoms with Gasteiger partial charge in [-0.15, -0.1) is 22.0 Å². The van der Waals surface area contributed by atoms with E-state index in [1.54, 1.807) is 6.07 Å². The first-order valence-electron chi connectivity index (χ1n) is 5.62. The lowest BCUT2D eigenvalue weighted by atomic mass is 10.1. The molecule has 0 N–H and O–H groups in total. The van der Waals surface area contributed by atoms with E-state index in [4.69, 9.17) is 5.26 Å². The molecule has 0 aromatic carbocycles. The standard InChI is InChI=1S/C12H12N4S/c1-12(5-2-6-17-12)11-15-14-10-4-3-9(7-13)8-16(10)11/h3-4,8H,2,5-6H2,1H3. The third-order valence-corrected chi connectivity index (χ3v) is 4.74. The summed E-state index contributed by atoms with van der Waals surface area (Å²) < 4.78 is 1.99. The first-order chi connectivity index (χ1) is 8.23. The molecule has 3 heterocycles. The summed E-state index contributed by atoms with van der Waals surface area (Å²) in [5.41, 5.74) is 1.46. The monoisotopic (exact) mass is 244 g/mol. The van der Waals surface area contributed by atoms with Crippen molar-refractivity contribution in [1.82, 2.24) is 14.6 Å². The smallest absolute Gasteiger partial charge is 0.160 e. The average molecular weight is 244 g/mol. The van der Waals surface area contributed by atoms with Crippen molar-refractivity contribution in [2.24, 2.45) is 0 Å². The summed E-state index contributed by atoms with van der Waals surface area (Å²) in [7, 11) is 0. The molecule has 2 aromatic heterocycles. The predicted octanol–water partition coefficient (Wildman–Crippen LogP) is 2.34. The zero-order valence-corrected chi connectivity index (χ0v) is 10.4. The number of hydrogen-bond donors (Lipinski definition) is 0. The number of fused-ring (bicyclic) bond motifs is 1. The third-order valence-electron chi connectivity index (χ3n) is 3.22. The second-order valence-corrected chi connectivity index (χ2v) is 6.06. The fourth-order valence-corrected chi connectivity index (χ4v) is 3.57. The van der Waals surface area contributed by atoms with Crippen molar-refractivity contribution in [3.63, 3.8) is 0 Å². The van der Waals surface area contributed by atoms with Crippen LogP contribution in [0.4, 0.5) is 0 Å². The van der Waals surface area contributed by atoms with Gasteiger partial charge in [-0.2, -0.15) is 5.26 Å². The van der Waals surface area contributed by atoms with Crippen LogP contribution in [0.5, 0.6) is 0 Å². The number of rotatable bonds is 1. The molecular weight excluding hydrogens is 232 g/mol. The lowest BCUT2D eigenvalue weighted by molar-refractivity contribution is 0.597. The Morgan fingerprint density at radius 1 is 1.47 bits per heavy atom. The summed E-state index contributed by atoms with van der Waals surface area (Å²) >= 11 is 1.92. The number of nitrogens with zero attached hydrogens (tertiary/aromatic N) is 4. The molecule has 0 spiro atoms. The molecule has 0 radical (unpaired) electrons. The van der Waals surface area contributed by atoms with E-state index in [1.165, 1.54) is 12.2 Å². The third kappa shape index (κ3) is 1.60. The summed E-state index contributed by atoms with van der Waals surface area (Å²) in [6, 6.07) is 5.78. The van der Waals surface area contributed by atoms with E-state index in [0.29, 0.717) is 5.56 Å². The molecule has 0 amide bonds. The highest BCUT2D eigenvalue weighted by Crippen LogP contribution is 2.45. The summed E-state index contributed by atoms with van der Waals surface area (Å²) in [6.45, 7) is 2.21. The van der Waals surface area contributed by atoms with Gasteiger partial charge in [0.05, 0.1) is 10.3 Å². The second kappa shape index (κ2) is 3.74. The van der Waals surface area contributed by atoms with Crippen LogP contribution in [0.25, 0.3) is 5.65 Å². The van der Waals surface area contributed by atoms with Gasteiger partial charge in [-0.25, -0.2) is 0 Å². The van der Waals surface area contributed by atoms with Gasteiger partial charge in [0.15, 0.2) is 11.5 Å². The van der Waals surface area contributed by atoms with Crippen LogP contribution in [-0.4, -0.2) is 20.4 Å². The number of thioether (sulfide) groups is 1. The molecule has 17 heavy (non-hydrogen) atoms. The second-order valence-electron chi connectivity index (χ2n) is 4.46. The normalized spacial score (nSPS) is 24.0. The maximum Gasteiger partial charge on any atom is 0.160 e. The van der Waals surface area contributed by atoms with E-state index in [0.717, 1.165) is 17.9 Å². The van der Waals surface area contributed by atoms with Crippen LogP contribution in [0.3, 0.4) is 0 Å². The van der Waals surface area contributed by atoms with Crippen LogP contribution in [0.15, 0.2) is 18.3 Å². The Morgan fingerprint density at radius 2 is 2.35 bits per heavy atom. The molecule has 1 atom stereocenters. The van der Waals surface area contributed by atoms with Crippen molar-refractivity contribution >= 4 is 17.4 Å². The van der Waals surface area contributed by atoms with E-state index >= 15 is 0 Å². The average Bonchev–Trinajstić information content (AvgIpc) is 2.95. The largest absolute Gasteiger partial charge is 0.284 e. The molecule has 1 aliphatic rings. The van der Waals surface area contributed by atoms with Gasteiger partial charge in [-0.1, -0.05) is 0 Å². The molecular formula is C12H12N4S. The van der Waals surface area contributed by atoms with E-state index in [1.807, 2.05) is 28.4 Å². The fraction of sp³-hybridized carbons (Fsp3) is 0.417. The van der Waals surface area contributed by atoms with Crippen LogP contribution in [0.1, 0.15) is 31.2 Å². The van der Waals surface area contributed by atoms with Gasteiger partial charge < -0.3 is 0 Å². The van der Waals surface area contributed by atoms with Gasteiger partial charge >= 0.3 is 0 Å². The molecule has 2 aromatic rings. The quantitative estimate of drug-likeness (QED) is 0.772. The van der Waals surface area contributed by atoms with Gasteiger partial charge in [-0.05, 0) is 37.7 Å². The van der Waals surface area contributed by atoms with Crippen molar-refractivity contribution in [2.75, 3.05) is 5.75 Å². The zero-order valence-electron chi connectivity index (χ0n) is 9.55. The van der Waals surface area contributed by atoms with Gasteiger partial charge in [-0.3, -0.25) is 4.40 Å². The highest BCUT2D eigenvalue weighted by molar-refractivity contribution is 8.00. The highest BCUT2D eigenvalue weighted by atomic mass is 32.2. The number of nitriles is 1. The van der Waals surface area contributed by atoms with Crippen molar-refractivity contribution < 1.29 is 0 Å². The molecule has 1 unspecified atom stereocenters. The van der Waals surface area contributed by atoms with Crippen LogP contribution >= 0.6 is 11.8 Å². The van der Waals surface area contributed by atoms with E-state index < -0.39 is 0 Å². The van der Waals surface area contributed by atoms with Gasteiger partial charge in [0.2, 0.25) is 0 Å². The summed E-state index contributed by atoms with van der Waals surface area (Å²) in [5.74, 6) is 2.13. The minimum atomic E-state index is 0.0352. The van der Waals surface area contributed by atoms with Gasteiger partial charge in [0.25, 0.3) is 0 Å². The number of hydrogen-bond acceptors (Lipinski definition) is 4. The molecule has 1 saturated heterocycles. The maximum absolute atomic E-state index is 8.95. The van der Waals surface area contributed by atoms with Crippen molar-refractivity contribution in [2.45, 2.75) is 24.5 Å². The molecule has 1 aliphatic heterocycles. The Balaban J connectivity index is 2.20. The molecule has 0 saturated carbocycles. The Hall–Kier alpha value is -1.54. The maximum atomic E-state index is 8.95. The first kappa shape index (κ1) is 10.6. The topological polar surface area (TPSA) is 54.0 Å². The van der Waals surface area contributed by atoms with Crippen molar-refractivity contribution in [3.05, 3.63) is 29.7 Å². The minimum absolute atomic E-state index is 0.0352. The highest BCUT2D eigenvalue weighted by Gasteiger charge is 2.35. The van der Waals surface area contributed by atoms with E-state index in [-0.39, 0.29) is 4.75 Å². The lowest BCUT2D eigenvalue weighted by Gasteiger charge is -2.20. The Morgan fingerprint density at radius 3 is 3.06 bits per heavy atom. The van der Waals surface area contributed by atoms with Gasteiger partial charge in [0.1, 0.15) is 6.07 Å². The molecule has 5 heteroatoms. The summed E-state index contributed by atoms with van der Waals surface area (Å²) in [6.07, 6.45) is 4.16. The van der Waals surface area contributed by atoms with Gasteiger partial charge in [0, 0.05) is 6.20 Å².